The Morgan fingerprint density at radius 1 is 1.33 bits per heavy atom. The van der Waals surface area contributed by atoms with Gasteiger partial charge in [-0.3, -0.25) is 4.98 Å². The SMILES string of the molecule is C[C@@H]1CN(c2cncc(N)n2)C[C@H](C)O1. The fraction of sp³-hybridized carbons (Fsp3) is 0.600. The van der Waals surface area contributed by atoms with Crippen molar-refractivity contribution in [1.82, 2.24) is 9.97 Å². The number of anilines is 2. The molecule has 0 unspecified atom stereocenters. The van der Waals surface area contributed by atoms with E-state index in [1.54, 1.807) is 12.4 Å². The first-order chi connectivity index (χ1) is 7.15. The van der Waals surface area contributed by atoms with Crippen LogP contribution in [0.5, 0.6) is 0 Å². The van der Waals surface area contributed by atoms with E-state index in [1.807, 2.05) is 0 Å². The minimum Gasteiger partial charge on any atom is -0.382 e. The third kappa shape index (κ3) is 2.36. The normalized spacial score (nSPS) is 26.7. The predicted molar refractivity (Wildman–Crippen MR) is 58.7 cm³/mol. The zero-order valence-electron chi connectivity index (χ0n) is 9.05. The molecule has 5 nitrogen and oxygen atoms in total. The summed E-state index contributed by atoms with van der Waals surface area (Å²) in [6.07, 6.45) is 3.73. The number of ether oxygens (including phenoxy) is 1. The second kappa shape index (κ2) is 4.02. The van der Waals surface area contributed by atoms with E-state index >= 15 is 0 Å². The van der Waals surface area contributed by atoms with Gasteiger partial charge >= 0.3 is 0 Å². The Balaban J connectivity index is 2.16. The van der Waals surface area contributed by atoms with Crippen LogP contribution in [0, 0.1) is 0 Å². The van der Waals surface area contributed by atoms with Crippen molar-refractivity contribution in [2.75, 3.05) is 23.7 Å². The van der Waals surface area contributed by atoms with Crippen molar-refractivity contribution in [2.45, 2.75) is 26.1 Å². The quantitative estimate of drug-likeness (QED) is 0.735. The first-order valence-electron chi connectivity index (χ1n) is 5.13. The monoisotopic (exact) mass is 208 g/mol. The van der Waals surface area contributed by atoms with E-state index in [0.717, 1.165) is 18.9 Å². The summed E-state index contributed by atoms with van der Waals surface area (Å²) in [7, 11) is 0. The highest BCUT2D eigenvalue weighted by molar-refractivity contribution is 5.42. The molecule has 2 rings (SSSR count). The molecule has 0 aromatic carbocycles. The first kappa shape index (κ1) is 10.2. The molecule has 0 amide bonds. The molecule has 0 spiro atoms. The van der Waals surface area contributed by atoms with Crippen molar-refractivity contribution in [3.05, 3.63) is 12.4 Å². The number of hydrogen-bond acceptors (Lipinski definition) is 5. The van der Waals surface area contributed by atoms with Crippen LogP contribution in [0.3, 0.4) is 0 Å². The molecule has 1 aromatic rings. The molecule has 15 heavy (non-hydrogen) atoms. The highest BCUT2D eigenvalue weighted by Crippen LogP contribution is 2.17. The van der Waals surface area contributed by atoms with Gasteiger partial charge in [0.1, 0.15) is 11.6 Å². The van der Waals surface area contributed by atoms with E-state index in [0.29, 0.717) is 5.82 Å². The van der Waals surface area contributed by atoms with Gasteiger partial charge in [0.05, 0.1) is 24.6 Å². The maximum Gasteiger partial charge on any atom is 0.149 e. The minimum absolute atomic E-state index is 0.219. The molecule has 5 heteroatoms. The van der Waals surface area contributed by atoms with E-state index in [-0.39, 0.29) is 12.2 Å². The average Bonchev–Trinajstić information content (AvgIpc) is 2.16. The van der Waals surface area contributed by atoms with Gasteiger partial charge in [-0.05, 0) is 13.8 Å². The molecular formula is C10H16N4O. The molecular weight excluding hydrogens is 192 g/mol. The molecule has 0 bridgehead atoms. The van der Waals surface area contributed by atoms with Crippen LogP contribution >= 0.6 is 0 Å². The van der Waals surface area contributed by atoms with Crippen molar-refractivity contribution in [2.24, 2.45) is 0 Å². The maximum absolute atomic E-state index is 5.65. The number of morpholine rings is 1. The van der Waals surface area contributed by atoms with Gasteiger partial charge in [-0.15, -0.1) is 0 Å². The zero-order valence-corrected chi connectivity index (χ0v) is 9.05. The van der Waals surface area contributed by atoms with Crippen LogP contribution in [0.2, 0.25) is 0 Å². The van der Waals surface area contributed by atoms with Gasteiger partial charge in [-0.25, -0.2) is 4.98 Å². The van der Waals surface area contributed by atoms with Crippen LogP contribution in [-0.2, 0) is 4.74 Å². The van der Waals surface area contributed by atoms with E-state index in [1.165, 1.54) is 0 Å². The van der Waals surface area contributed by atoms with E-state index in [4.69, 9.17) is 10.5 Å². The van der Waals surface area contributed by atoms with Crippen LogP contribution < -0.4 is 10.6 Å². The summed E-state index contributed by atoms with van der Waals surface area (Å²) < 4.78 is 5.65. The fourth-order valence-electron chi connectivity index (χ4n) is 1.89. The van der Waals surface area contributed by atoms with Gasteiger partial charge in [0, 0.05) is 13.1 Å². The van der Waals surface area contributed by atoms with Gasteiger partial charge in [0.25, 0.3) is 0 Å². The van der Waals surface area contributed by atoms with Crippen molar-refractivity contribution in [1.29, 1.82) is 0 Å². The molecule has 0 aliphatic carbocycles. The van der Waals surface area contributed by atoms with Crippen LogP contribution in [0.4, 0.5) is 11.6 Å². The van der Waals surface area contributed by atoms with E-state index in [9.17, 15) is 0 Å². The molecule has 1 fully saturated rings. The van der Waals surface area contributed by atoms with Crippen LogP contribution in [0.1, 0.15) is 13.8 Å². The molecule has 0 saturated carbocycles. The van der Waals surface area contributed by atoms with Gasteiger partial charge in [-0.2, -0.15) is 0 Å². The number of aromatic nitrogens is 2. The number of nitrogens with zero attached hydrogens (tertiary/aromatic N) is 3. The van der Waals surface area contributed by atoms with Crippen molar-refractivity contribution < 1.29 is 4.74 Å². The number of nitrogen functional groups attached to an aromatic ring is 1. The molecule has 2 heterocycles. The molecule has 1 saturated heterocycles. The lowest BCUT2D eigenvalue weighted by Crippen LogP contribution is -2.45. The highest BCUT2D eigenvalue weighted by atomic mass is 16.5. The Morgan fingerprint density at radius 2 is 2.00 bits per heavy atom. The van der Waals surface area contributed by atoms with Crippen LogP contribution in [-0.4, -0.2) is 35.3 Å². The Morgan fingerprint density at radius 3 is 2.60 bits per heavy atom. The predicted octanol–water partition coefficient (Wildman–Crippen LogP) is 0.672. The first-order valence-corrected chi connectivity index (χ1v) is 5.13. The second-order valence-electron chi connectivity index (χ2n) is 3.96. The molecule has 2 atom stereocenters. The highest BCUT2D eigenvalue weighted by Gasteiger charge is 2.23. The topological polar surface area (TPSA) is 64.3 Å². The summed E-state index contributed by atoms with van der Waals surface area (Å²) in [6.45, 7) is 5.79. The second-order valence-corrected chi connectivity index (χ2v) is 3.96. The molecule has 1 aliphatic heterocycles. The average molecular weight is 208 g/mol. The standard InChI is InChI=1S/C10H16N4O/c1-7-5-14(6-8(2)15-7)10-4-12-3-9(11)13-10/h3-4,7-8H,5-6H2,1-2H3,(H2,11,13)/t7-,8+. The van der Waals surface area contributed by atoms with Gasteiger partial charge in [0.15, 0.2) is 0 Å². The lowest BCUT2D eigenvalue weighted by Gasteiger charge is -2.35. The number of nitrogens with two attached hydrogens (primary N) is 1. The number of rotatable bonds is 1. The molecule has 0 radical (unpaired) electrons. The zero-order chi connectivity index (χ0) is 10.8. The summed E-state index contributed by atoms with van der Waals surface area (Å²) in [6, 6.07) is 0. The lowest BCUT2D eigenvalue weighted by molar-refractivity contribution is -0.00547. The molecule has 2 N–H and O–H groups in total. The maximum atomic E-state index is 5.65. The summed E-state index contributed by atoms with van der Waals surface area (Å²) in [5.74, 6) is 1.29. The summed E-state index contributed by atoms with van der Waals surface area (Å²) in [5, 5.41) is 0. The largest absolute Gasteiger partial charge is 0.382 e. The molecule has 1 aromatic heterocycles. The summed E-state index contributed by atoms with van der Waals surface area (Å²) in [5.41, 5.74) is 5.60. The Labute approximate surface area is 89.3 Å². The number of hydrogen-bond donors (Lipinski definition) is 1. The van der Waals surface area contributed by atoms with Gasteiger partial charge in [-0.1, -0.05) is 0 Å². The Hall–Kier alpha value is -1.36. The third-order valence-electron chi connectivity index (χ3n) is 2.38. The molecule has 82 valence electrons. The van der Waals surface area contributed by atoms with Crippen molar-refractivity contribution in [3.8, 4) is 0 Å². The Kier molecular flexibility index (Phi) is 2.73. The fourth-order valence-corrected chi connectivity index (χ4v) is 1.89. The van der Waals surface area contributed by atoms with Gasteiger partial charge in [0.2, 0.25) is 0 Å². The summed E-state index contributed by atoms with van der Waals surface area (Å²) >= 11 is 0. The van der Waals surface area contributed by atoms with Crippen LogP contribution in [0.25, 0.3) is 0 Å². The summed E-state index contributed by atoms with van der Waals surface area (Å²) in [4.78, 5) is 10.4. The third-order valence-corrected chi connectivity index (χ3v) is 2.38. The van der Waals surface area contributed by atoms with Crippen LogP contribution in [0.15, 0.2) is 12.4 Å². The van der Waals surface area contributed by atoms with Crippen molar-refractivity contribution >= 4 is 11.6 Å². The van der Waals surface area contributed by atoms with E-state index < -0.39 is 0 Å². The Bertz CT molecular complexity index is 334. The minimum atomic E-state index is 0.219. The molecule has 1 aliphatic rings. The lowest BCUT2D eigenvalue weighted by atomic mass is 10.2. The smallest absolute Gasteiger partial charge is 0.149 e. The van der Waals surface area contributed by atoms with E-state index in [2.05, 4.69) is 28.7 Å². The van der Waals surface area contributed by atoms with Gasteiger partial charge < -0.3 is 15.4 Å². The van der Waals surface area contributed by atoms with Crippen molar-refractivity contribution in [3.63, 3.8) is 0 Å².